The normalized spacial score (nSPS) is 12.9. The van der Waals surface area contributed by atoms with Gasteiger partial charge in [0.25, 0.3) is 5.22 Å². The van der Waals surface area contributed by atoms with E-state index in [0.29, 0.717) is 16.3 Å². The van der Waals surface area contributed by atoms with Gasteiger partial charge in [0.05, 0.1) is 6.20 Å². The fourth-order valence-electron chi connectivity index (χ4n) is 1.01. The molecular formula is C9H8N2O3S. The molecule has 0 aliphatic carbocycles. The van der Waals surface area contributed by atoms with E-state index in [1.54, 1.807) is 25.4 Å². The summed E-state index contributed by atoms with van der Waals surface area (Å²) in [6.07, 6.45) is 3.18. The second-order valence-corrected chi connectivity index (χ2v) is 4.21. The van der Waals surface area contributed by atoms with Crippen molar-refractivity contribution in [2.24, 2.45) is 0 Å². The summed E-state index contributed by atoms with van der Waals surface area (Å²) in [6.45, 7) is 1.58. The van der Waals surface area contributed by atoms with E-state index in [4.69, 9.17) is 9.52 Å². The fourth-order valence-corrected chi connectivity index (χ4v) is 1.70. The first-order chi connectivity index (χ1) is 7.16. The summed E-state index contributed by atoms with van der Waals surface area (Å²) in [6, 6.07) is 1.69. The van der Waals surface area contributed by atoms with E-state index in [1.165, 1.54) is 0 Å². The number of nitrogens with zero attached hydrogens (tertiary/aromatic N) is 2. The molecular weight excluding hydrogens is 216 g/mol. The first kappa shape index (κ1) is 9.97. The summed E-state index contributed by atoms with van der Waals surface area (Å²) in [5.41, 5.74) is 1.25. The lowest BCUT2D eigenvalue weighted by Crippen LogP contribution is -2.10. The first-order valence-corrected chi connectivity index (χ1v) is 5.15. The van der Waals surface area contributed by atoms with Crippen LogP contribution in [0.3, 0.4) is 0 Å². The maximum Gasteiger partial charge on any atom is 0.316 e. The van der Waals surface area contributed by atoms with Crippen LogP contribution in [-0.4, -0.2) is 26.3 Å². The highest BCUT2D eigenvalue weighted by Crippen LogP contribution is 2.25. The van der Waals surface area contributed by atoms with Gasteiger partial charge in [-0.1, -0.05) is 11.8 Å². The van der Waals surface area contributed by atoms with E-state index in [1.807, 2.05) is 0 Å². The minimum atomic E-state index is -0.889. The number of hydrogen-bond acceptors (Lipinski definition) is 5. The number of aromatic nitrogens is 2. The zero-order valence-electron chi connectivity index (χ0n) is 7.88. The van der Waals surface area contributed by atoms with Crippen LogP contribution in [0.5, 0.6) is 0 Å². The number of carboxylic acids is 1. The molecule has 2 heterocycles. The van der Waals surface area contributed by atoms with Gasteiger partial charge in [0.2, 0.25) is 0 Å². The molecule has 1 atom stereocenters. The molecule has 0 bridgehead atoms. The van der Waals surface area contributed by atoms with Gasteiger partial charge < -0.3 is 9.52 Å². The lowest BCUT2D eigenvalue weighted by molar-refractivity contribution is -0.136. The molecule has 0 aliphatic heterocycles. The minimum Gasteiger partial charge on any atom is -0.480 e. The van der Waals surface area contributed by atoms with Crippen molar-refractivity contribution in [3.05, 3.63) is 18.5 Å². The summed E-state index contributed by atoms with van der Waals surface area (Å²) < 4.78 is 5.34. The molecule has 1 unspecified atom stereocenters. The number of fused-ring (bicyclic) bond motifs is 1. The summed E-state index contributed by atoms with van der Waals surface area (Å²) in [5.74, 6) is -0.889. The molecule has 2 aromatic rings. The number of rotatable bonds is 3. The molecule has 0 aliphatic rings. The molecule has 0 amide bonds. The average molecular weight is 224 g/mol. The number of carboxylic acid groups (broad SMARTS) is 1. The van der Waals surface area contributed by atoms with Crippen LogP contribution in [0.1, 0.15) is 6.92 Å². The Morgan fingerprint density at radius 1 is 1.67 bits per heavy atom. The summed E-state index contributed by atoms with van der Waals surface area (Å²) in [4.78, 5) is 18.6. The van der Waals surface area contributed by atoms with Crippen molar-refractivity contribution in [1.82, 2.24) is 9.97 Å². The Kier molecular flexibility index (Phi) is 2.59. The third kappa shape index (κ3) is 2.10. The third-order valence-electron chi connectivity index (χ3n) is 1.80. The number of oxazole rings is 1. The molecule has 78 valence electrons. The van der Waals surface area contributed by atoms with Crippen LogP contribution in [-0.2, 0) is 4.79 Å². The van der Waals surface area contributed by atoms with Gasteiger partial charge in [-0.2, -0.15) is 0 Å². The molecule has 0 spiro atoms. The van der Waals surface area contributed by atoms with E-state index in [-0.39, 0.29) is 0 Å². The van der Waals surface area contributed by atoms with Gasteiger partial charge in [0.1, 0.15) is 10.8 Å². The Morgan fingerprint density at radius 2 is 2.47 bits per heavy atom. The largest absolute Gasteiger partial charge is 0.480 e. The van der Waals surface area contributed by atoms with E-state index in [2.05, 4.69) is 9.97 Å². The molecule has 5 nitrogen and oxygen atoms in total. The molecule has 2 aromatic heterocycles. The SMILES string of the molecule is CC(Sc1nc2cnccc2o1)C(=O)O. The van der Waals surface area contributed by atoms with Crippen molar-refractivity contribution in [1.29, 1.82) is 0 Å². The Morgan fingerprint density at radius 3 is 3.13 bits per heavy atom. The van der Waals surface area contributed by atoms with Gasteiger partial charge in [-0.05, 0) is 6.92 Å². The summed E-state index contributed by atoms with van der Waals surface area (Å²) in [5, 5.41) is 8.49. The Hall–Kier alpha value is -1.56. The molecule has 1 N–H and O–H groups in total. The predicted molar refractivity (Wildman–Crippen MR) is 54.8 cm³/mol. The van der Waals surface area contributed by atoms with Crippen LogP contribution in [0.2, 0.25) is 0 Å². The average Bonchev–Trinajstić information content (AvgIpc) is 2.59. The van der Waals surface area contributed by atoms with E-state index in [0.717, 1.165) is 11.8 Å². The van der Waals surface area contributed by atoms with E-state index in [9.17, 15) is 4.79 Å². The van der Waals surface area contributed by atoms with Gasteiger partial charge in [-0.25, -0.2) is 4.98 Å². The lowest BCUT2D eigenvalue weighted by Gasteiger charge is -1.99. The number of thioether (sulfide) groups is 1. The molecule has 0 saturated heterocycles. The van der Waals surface area contributed by atoms with Gasteiger partial charge >= 0.3 is 5.97 Å². The molecule has 6 heteroatoms. The van der Waals surface area contributed by atoms with Crippen molar-refractivity contribution in [2.45, 2.75) is 17.4 Å². The van der Waals surface area contributed by atoms with E-state index >= 15 is 0 Å². The molecule has 15 heavy (non-hydrogen) atoms. The van der Waals surface area contributed by atoms with Crippen molar-refractivity contribution in [2.75, 3.05) is 0 Å². The summed E-state index contributed by atoms with van der Waals surface area (Å²) in [7, 11) is 0. The number of carbonyl (C=O) groups is 1. The Bertz CT molecular complexity index is 464. The van der Waals surface area contributed by atoms with Gasteiger partial charge in [0, 0.05) is 12.3 Å². The highest BCUT2D eigenvalue weighted by Gasteiger charge is 2.16. The monoisotopic (exact) mass is 224 g/mol. The van der Waals surface area contributed by atoms with Crippen molar-refractivity contribution >= 4 is 28.8 Å². The van der Waals surface area contributed by atoms with Crippen LogP contribution in [0.15, 0.2) is 28.1 Å². The van der Waals surface area contributed by atoms with Crippen molar-refractivity contribution < 1.29 is 14.3 Å². The van der Waals surface area contributed by atoms with Crippen molar-refractivity contribution in [3.63, 3.8) is 0 Å². The van der Waals surface area contributed by atoms with Crippen LogP contribution in [0, 0.1) is 0 Å². The second kappa shape index (κ2) is 3.90. The van der Waals surface area contributed by atoms with Crippen LogP contribution < -0.4 is 0 Å². The summed E-state index contributed by atoms with van der Waals surface area (Å²) >= 11 is 1.07. The van der Waals surface area contributed by atoms with Gasteiger partial charge in [-0.15, -0.1) is 0 Å². The number of hydrogen-bond donors (Lipinski definition) is 1. The molecule has 0 aromatic carbocycles. The second-order valence-electron chi connectivity index (χ2n) is 2.92. The Balaban J connectivity index is 2.26. The maximum absolute atomic E-state index is 10.6. The third-order valence-corrected chi connectivity index (χ3v) is 2.73. The molecule has 0 radical (unpaired) electrons. The molecule has 0 fully saturated rings. The predicted octanol–water partition coefficient (Wildman–Crippen LogP) is 1.79. The molecule has 0 saturated carbocycles. The minimum absolute atomic E-state index is 0.355. The van der Waals surface area contributed by atoms with Crippen LogP contribution in [0.25, 0.3) is 11.1 Å². The van der Waals surface area contributed by atoms with Crippen molar-refractivity contribution in [3.8, 4) is 0 Å². The van der Waals surface area contributed by atoms with Crippen LogP contribution >= 0.6 is 11.8 Å². The van der Waals surface area contributed by atoms with Crippen LogP contribution in [0.4, 0.5) is 0 Å². The Labute approximate surface area is 89.5 Å². The highest BCUT2D eigenvalue weighted by molar-refractivity contribution is 8.00. The van der Waals surface area contributed by atoms with Gasteiger partial charge in [0.15, 0.2) is 5.58 Å². The molecule has 2 rings (SSSR count). The first-order valence-electron chi connectivity index (χ1n) is 4.27. The quantitative estimate of drug-likeness (QED) is 0.801. The van der Waals surface area contributed by atoms with Gasteiger partial charge in [-0.3, -0.25) is 9.78 Å². The smallest absolute Gasteiger partial charge is 0.316 e. The highest BCUT2D eigenvalue weighted by atomic mass is 32.2. The fraction of sp³-hybridized carbons (Fsp3) is 0.222. The standard InChI is InChI=1S/C9H8N2O3S/c1-5(8(12)13)15-9-11-6-4-10-3-2-7(6)14-9/h2-5H,1H3,(H,12,13). The van der Waals surface area contributed by atoms with E-state index < -0.39 is 11.2 Å². The number of pyridine rings is 1. The zero-order valence-corrected chi connectivity index (χ0v) is 8.69. The zero-order chi connectivity index (χ0) is 10.8. The number of aliphatic carboxylic acids is 1. The topological polar surface area (TPSA) is 76.2 Å². The maximum atomic E-state index is 10.6. The lowest BCUT2D eigenvalue weighted by atomic mass is 10.4.